The smallest absolute Gasteiger partial charge is 0.280 e. The zero-order valence-electron chi connectivity index (χ0n) is 15.7. The van der Waals surface area contributed by atoms with Crippen molar-refractivity contribution in [3.63, 3.8) is 0 Å². The Morgan fingerprint density at radius 3 is 2.93 bits per heavy atom. The van der Waals surface area contributed by atoms with Crippen molar-refractivity contribution >= 4 is 5.91 Å². The number of rotatable bonds is 4. The number of carbonyl (C=O) groups is 1. The van der Waals surface area contributed by atoms with Crippen molar-refractivity contribution in [3.8, 4) is 11.6 Å². The van der Waals surface area contributed by atoms with Crippen LogP contribution in [0, 0.1) is 13.8 Å². The number of nitrogens with zero attached hydrogens (tertiary/aromatic N) is 6. The average molecular weight is 366 g/mol. The zero-order valence-corrected chi connectivity index (χ0v) is 15.7. The van der Waals surface area contributed by atoms with Gasteiger partial charge in [0.25, 0.3) is 11.8 Å². The van der Waals surface area contributed by atoms with E-state index >= 15 is 0 Å². The molecule has 8 heteroatoms. The summed E-state index contributed by atoms with van der Waals surface area (Å²) in [7, 11) is 0. The highest BCUT2D eigenvalue weighted by molar-refractivity contribution is 5.95. The molecule has 0 spiro atoms. The topological polar surface area (TPSA) is 89.9 Å². The molecule has 1 saturated heterocycles. The first-order valence-electron chi connectivity index (χ1n) is 9.16. The monoisotopic (exact) mass is 366 g/mol. The highest BCUT2D eigenvalue weighted by Crippen LogP contribution is 2.25. The first kappa shape index (κ1) is 17.4. The number of aryl methyl sites for hydroxylation is 3. The molecule has 0 aliphatic carbocycles. The lowest BCUT2D eigenvalue weighted by atomic mass is 10.0. The third kappa shape index (κ3) is 3.34. The summed E-state index contributed by atoms with van der Waals surface area (Å²) in [5.74, 6) is 1.09. The molecule has 4 rings (SSSR count). The van der Waals surface area contributed by atoms with Crippen molar-refractivity contribution < 1.29 is 9.32 Å². The van der Waals surface area contributed by atoms with Crippen molar-refractivity contribution in [1.82, 2.24) is 30.0 Å². The maximum absolute atomic E-state index is 12.9. The van der Waals surface area contributed by atoms with Gasteiger partial charge < -0.3 is 9.42 Å². The normalized spacial score (nSPS) is 16.9. The largest absolute Gasteiger partial charge is 0.336 e. The lowest BCUT2D eigenvalue weighted by Gasteiger charge is -2.18. The van der Waals surface area contributed by atoms with Crippen LogP contribution in [0.5, 0.6) is 0 Å². The maximum Gasteiger partial charge on any atom is 0.280 e. The summed E-state index contributed by atoms with van der Waals surface area (Å²) in [5, 5.41) is 12.2. The number of hydrogen-bond donors (Lipinski definition) is 0. The molecule has 0 saturated carbocycles. The minimum absolute atomic E-state index is 0.0693. The van der Waals surface area contributed by atoms with Gasteiger partial charge in [-0.1, -0.05) is 35.0 Å². The summed E-state index contributed by atoms with van der Waals surface area (Å²) in [5.41, 5.74) is 3.49. The predicted molar refractivity (Wildman–Crippen MR) is 98.2 cm³/mol. The Bertz CT molecular complexity index is 976. The molecule has 1 aliphatic rings. The van der Waals surface area contributed by atoms with E-state index in [4.69, 9.17) is 4.52 Å². The molecule has 1 aliphatic heterocycles. The average Bonchev–Trinajstić information content (AvgIpc) is 3.39. The molecule has 2 aromatic heterocycles. The number of carbonyl (C=O) groups excluding carboxylic acids is 1. The van der Waals surface area contributed by atoms with Crippen LogP contribution in [0.25, 0.3) is 11.6 Å². The van der Waals surface area contributed by atoms with E-state index in [-0.39, 0.29) is 11.9 Å². The van der Waals surface area contributed by atoms with E-state index < -0.39 is 0 Å². The van der Waals surface area contributed by atoms with Crippen molar-refractivity contribution in [1.29, 1.82) is 0 Å². The molecular formula is C19H22N6O2. The molecule has 8 nitrogen and oxygen atoms in total. The zero-order chi connectivity index (χ0) is 19.0. The number of amides is 1. The van der Waals surface area contributed by atoms with Crippen LogP contribution in [0.2, 0.25) is 0 Å². The predicted octanol–water partition coefficient (Wildman–Crippen LogP) is 2.59. The second-order valence-corrected chi connectivity index (χ2v) is 6.97. The van der Waals surface area contributed by atoms with E-state index in [1.54, 1.807) is 4.68 Å². The Kier molecular flexibility index (Phi) is 4.47. The Morgan fingerprint density at radius 2 is 2.19 bits per heavy atom. The van der Waals surface area contributed by atoms with Crippen LogP contribution in [-0.4, -0.2) is 49.0 Å². The van der Waals surface area contributed by atoms with Gasteiger partial charge >= 0.3 is 0 Å². The fourth-order valence-electron chi connectivity index (χ4n) is 3.42. The van der Waals surface area contributed by atoms with E-state index in [0.29, 0.717) is 36.9 Å². The van der Waals surface area contributed by atoms with Crippen molar-refractivity contribution in [2.45, 2.75) is 39.7 Å². The van der Waals surface area contributed by atoms with Crippen molar-refractivity contribution in [3.05, 3.63) is 46.9 Å². The quantitative estimate of drug-likeness (QED) is 0.705. The summed E-state index contributed by atoms with van der Waals surface area (Å²) in [6, 6.07) is 6.02. The standard InChI is InChI=1S/C19H22N6O2/c1-4-17-20-18(27-22-17)16-11-25(23-21-16)14-7-8-24(10-14)19(26)15-6-5-12(2)9-13(15)3/h5-6,9,11,14H,4,7-8,10H2,1-3H3/t14-/m1/s1. The van der Waals surface area contributed by atoms with Crippen LogP contribution in [0.15, 0.2) is 28.9 Å². The summed E-state index contributed by atoms with van der Waals surface area (Å²) in [6.07, 6.45) is 3.35. The molecule has 0 radical (unpaired) electrons. The second-order valence-electron chi connectivity index (χ2n) is 6.97. The van der Waals surface area contributed by atoms with E-state index in [1.165, 1.54) is 0 Å². The van der Waals surface area contributed by atoms with Crippen molar-refractivity contribution in [2.24, 2.45) is 0 Å². The highest BCUT2D eigenvalue weighted by atomic mass is 16.5. The Balaban J connectivity index is 1.47. The Hall–Kier alpha value is -3.03. The van der Waals surface area contributed by atoms with E-state index in [0.717, 1.165) is 23.1 Å². The molecule has 1 aromatic carbocycles. The van der Waals surface area contributed by atoms with Gasteiger partial charge in [0, 0.05) is 25.1 Å². The number of hydrogen-bond acceptors (Lipinski definition) is 6. The Morgan fingerprint density at radius 1 is 1.33 bits per heavy atom. The van der Waals surface area contributed by atoms with Gasteiger partial charge in [0.2, 0.25) is 0 Å². The lowest BCUT2D eigenvalue weighted by molar-refractivity contribution is 0.0786. The van der Waals surface area contributed by atoms with Crippen LogP contribution in [0.3, 0.4) is 0 Å². The van der Waals surface area contributed by atoms with Crippen molar-refractivity contribution in [2.75, 3.05) is 13.1 Å². The Labute approximate surface area is 157 Å². The van der Waals surface area contributed by atoms with Crippen LogP contribution >= 0.6 is 0 Å². The first-order chi connectivity index (χ1) is 13.0. The summed E-state index contributed by atoms with van der Waals surface area (Å²) < 4.78 is 7.01. The fraction of sp³-hybridized carbons (Fsp3) is 0.421. The molecule has 0 N–H and O–H groups in total. The summed E-state index contributed by atoms with van der Waals surface area (Å²) in [6.45, 7) is 7.28. The van der Waals surface area contributed by atoms with Gasteiger partial charge in [0.1, 0.15) is 0 Å². The molecular weight excluding hydrogens is 344 g/mol. The fourth-order valence-corrected chi connectivity index (χ4v) is 3.42. The molecule has 1 atom stereocenters. The van der Waals surface area contributed by atoms with E-state index in [1.807, 2.05) is 50.1 Å². The van der Waals surface area contributed by atoms with E-state index in [9.17, 15) is 4.79 Å². The molecule has 1 fully saturated rings. The minimum Gasteiger partial charge on any atom is -0.336 e. The van der Waals surface area contributed by atoms with E-state index in [2.05, 4.69) is 20.5 Å². The van der Waals surface area contributed by atoms with Gasteiger partial charge in [-0.05, 0) is 31.9 Å². The molecule has 0 unspecified atom stereocenters. The molecule has 140 valence electrons. The second kappa shape index (κ2) is 6.94. The van der Waals surface area contributed by atoms with Crippen LogP contribution < -0.4 is 0 Å². The highest BCUT2D eigenvalue weighted by Gasteiger charge is 2.30. The molecule has 1 amide bonds. The maximum atomic E-state index is 12.9. The summed E-state index contributed by atoms with van der Waals surface area (Å²) in [4.78, 5) is 19.0. The SMILES string of the molecule is CCc1noc(-c2cn([C@@H]3CCN(C(=O)c4ccc(C)cc4C)C3)nn2)n1. The number of benzene rings is 1. The third-order valence-electron chi connectivity index (χ3n) is 4.95. The summed E-state index contributed by atoms with van der Waals surface area (Å²) >= 11 is 0. The number of aromatic nitrogens is 5. The lowest BCUT2D eigenvalue weighted by Crippen LogP contribution is -2.29. The van der Waals surface area contributed by atoms with Gasteiger partial charge in [-0.15, -0.1) is 5.10 Å². The van der Waals surface area contributed by atoms with Crippen LogP contribution in [-0.2, 0) is 6.42 Å². The molecule has 3 aromatic rings. The van der Waals surface area contributed by atoms with Gasteiger partial charge in [-0.3, -0.25) is 4.79 Å². The minimum atomic E-state index is 0.0693. The molecule has 0 bridgehead atoms. The molecule has 27 heavy (non-hydrogen) atoms. The van der Waals surface area contributed by atoms with Crippen LogP contribution in [0.4, 0.5) is 0 Å². The van der Waals surface area contributed by atoms with Gasteiger partial charge in [-0.2, -0.15) is 4.98 Å². The van der Waals surface area contributed by atoms with Gasteiger partial charge in [0.15, 0.2) is 11.5 Å². The first-order valence-corrected chi connectivity index (χ1v) is 9.16. The van der Waals surface area contributed by atoms with Gasteiger partial charge in [-0.25, -0.2) is 4.68 Å². The van der Waals surface area contributed by atoms with Gasteiger partial charge in [0.05, 0.1) is 12.2 Å². The third-order valence-corrected chi connectivity index (χ3v) is 4.95. The number of likely N-dealkylation sites (tertiary alicyclic amines) is 1. The van der Waals surface area contributed by atoms with Crippen LogP contribution in [0.1, 0.15) is 46.7 Å². The molecule has 3 heterocycles.